The van der Waals surface area contributed by atoms with Crippen molar-refractivity contribution < 1.29 is 9.47 Å². The van der Waals surface area contributed by atoms with Gasteiger partial charge >= 0.3 is 0 Å². The number of H-pyrrole nitrogens is 1. The molecule has 4 rings (SSSR count). The van der Waals surface area contributed by atoms with E-state index in [4.69, 9.17) is 26.8 Å². The van der Waals surface area contributed by atoms with Crippen LogP contribution in [-0.2, 0) is 0 Å². The van der Waals surface area contributed by atoms with Gasteiger partial charge < -0.3 is 15.2 Å². The molecule has 1 aromatic heterocycles. The topological polar surface area (TPSA) is 96.9 Å². The van der Waals surface area contributed by atoms with Crippen LogP contribution in [-0.4, -0.2) is 16.3 Å². The van der Waals surface area contributed by atoms with E-state index in [9.17, 15) is 5.26 Å². The molecule has 0 saturated carbocycles. The minimum absolute atomic E-state index is 0.0292. The molecule has 0 amide bonds. The fourth-order valence-corrected chi connectivity index (χ4v) is 3.74. The van der Waals surface area contributed by atoms with Gasteiger partial charge in [-0.1, -0.05) is 48.0 Å². The number of aromatic amines is 1. The van der Waals surface area contributed by atoms with Crippen molar-refractivity contribution >= 4 is 11.6 Å². The number of fused-ring (bicyclic) bond motifs is 1. The Morgan fingerprint density at radius 2 is 1.93 bits per heavy atom. The van der Waals surface area contributed by atoms with Crippen LogP contribution in [0.1, 0.15) is 30.9 Å². The molecule has 29 heavy (non-hydrogen) atoms. The van der Waals surface area contributed by atoms with Gasteiger partial charge in [0.25, 0.3) is 0 Å². The zero-order valence-electron chi connectivity index (χ0n) is 15.9. The number of nitrogens with zero attached hydrogens (tertiary/aromatic N) is 2. The van der Waals surface area contributed by atoms with Crippen molar-refractivity contribution in [3.63, 3.8) is 0 Å². The molecule has 7 heteroatoms. The zero-order valence-corrected chi connectivity index (χ0v) is 16.7. The van der Waals surface area contributed by atoms with Gasteiger partial charge in [-0.05, 0) is 26.0 Å². The Hall–Kier alpha value is -3.43. The van der Waals surface area contributed by atoms with Crippen molar-refractivity contribution in [2.45, 2.75) is 25.9 Å². The van der Waals surface area contributed by atoms with E-state index < -0.39 is 5.92 Å². The largest absolute Gasteiger partial charge is 0.491 e. The van der Waals surface area contributed by atoms with Crippen molar-refractivity contribution in [1.82, 2.24) is 10.2 Å². The normalized spacial score (nSPS) is 15.6. The van der Waals surface area contributed by atoms with E-state index in [0.717, 1.165) is 11.1 Å². The van der Waals surface area contributed by atoms with Gasteiger partial charge in [0.1, 0.15) is 17.4 Å². The van der Waals surface area contributed by atoms with Gasteiger partial charge in [-0.15, -0.1) is 5.10 Å². The van der Waals surface area contributed by atoms with Gasteiger partial charge in [0, 0.05) is 16.1 Å². The van der Waals surface area contributed by atoms with E-state index in [1.54, 1.807) is 6.07 Å². The lowest BCUT2D eigenvalue weighted by atomic mass is 9.82. The Balaban J connectivity index is 1.97. The van der Waals surface area contributed by atoms with E-state index in [-0.39, 0.29) is 12.0 Å². The number of allylic oxidation sites excluding steroid dienone is 1. The van der Waals surface area contributed by atoms with Crippen molar-refractivity contribution in [2.24, 2.45) is 5.73 Å². The SMILES string of the molecule is CC(C)Oc1ccccc1[C@H]1C(C#N)=C(N)Oc2n[nH]c(-c3ccccc3Cl)c21. The standard InChI is InChI=1S/C22H19ClN4O2/c1-12(2)28-17-10-6-4-8-14(17)18-15(11-24)21(25)29-22-19(18)20(26-27-22)13-7-3-5-9-16(13)23/h3-10,12,18H,25H2,1-2H3,(H,26,27)/t18-/m0/s1. The maximum absolute atomic E-state index is 9.88. The quantitative estimate of drug-likeness (QED) is 0.652. The monoisotopic (exact) mass is 406 g/mol. The third kappa shape index (κ3) is 3.30. The average molecular weight is 407 g/mol. The molecule has 0 spiro atoms. The number of nitrogens with two attached hydrogens (primary N) is 1. The van der Waals surface area contributed by atoms with Crippen molar-refractivity contribution in [1.29, 1.82) is 5.26 Å². The Bertz CT molecular complexity index is 1140. The highest BCUT2D eigenvalue weighted by Crippen LogP contribution is 2.48. The molecule has 2 heterocycles. The Morgan fingerprint density at radius 3 is 2.66 bits per heavy atom. The zero-order chi connectivity index (χ0) is 20.5. The van der Waals surface area contributed by atoms with Gasteiger partial charge in [0.15, 0.2) is 0 Å². The third-order valence-corrected chi connectivity index (χ3v) is 5.00. The number of nitriles is 1. The van der Waals surface area contributed by atoms with E-state index in [0.29, 0.717) is 33.5 Å². The highest BCUT2D eigenvalue weighted by molar-refractivity contribution is 6.33. The van der Waals surface area contributed by atoms with E-state index in [1.165, 1.54) is 0 Å². The molecule has 0 radical (unpaired) electrons. The van der Waals surface area contributed by atoms with Crippen LogP contribution in [0.25, 0.3) is 11.3 Å². The van der Waals surface area contributed by atoms with Gasteiger partial charge in [-0.25, -0.2) is 0 Å². The van der Waals surface area contributed by atoms with Gasteiger partial charge in [-0.2, -0.15) is 5.26 Å². The molecule has 1 aliphatic rings. The van der Waals surface area contributed by atoms with Crippen LogP contribution < -0.4 is 15.2 Å². The second-order valence-electron chi connectivity index (χ2n) is 6.93. The number of nitrogens with one attached hydrogen (secondary N) is 1. The molecule has 0 bridgehead atoms. The fourth-order valence-electron chi connectivity index (χ4n) is 3.51. The Morgan fingerprint density at radius 1 is 1.21 bits per heavy atom. The summed E-state index contributed by atoms with van der Waals surface area (Å²) in [4.78, 5) is 0. The van der Waals surface area contributed by atoms with Gasteiger partial charge in [0.05, 0.1) is 23.3 Å². The van der Waals surface area contributed by atoms with Gasteiger partial charge in [-0.3, -0.25) is 5.10 Å². The van der Waals surface area contributed by atoms with E-state index >= 15 is 0 Å². The predicted octanol–water partition coefficient (Wildman–Crippen LogP) is 4.74. The van der Waals surface area contributed by atoms with Crippen LogP contribution in [0.15, 0.2) is 60.0 Å². The summed E-state index contributed by atoms with van der Waals surface area (Å²) in [6.45, 7) is 3.91. The molecule has 3 N–H and O–H groups in total. The fraction of sp³-hybridized carbons (Fsp3) is 0.182. The van der Waals surface area contributed by atoms with Crippen LogP contribution in [0.2, 0.25) is 5.02 Å². The summed E-state index contributed by atoms with van der Waals surface area (Å²) < 4.78 is 11.7. The van der Waals surface area contributed by atoms with Crippen LogP contribution in [0.4, 0.5) is 0 Å². The minimum atomic E-state index is -0.510. The molecule has 3 aromatic rings. The molecule has 0 saturated heterocycles. The number of aromatic nitrogens is 2. The highest BCUT2D eigenvalue weighted by atomic mass is 35.5. The molecular formula is C22H19ClN4O2. The molecule has 146 valence electrons. The van der Waals surface area contributed by atoms with Crippen LogP contribution in [0.5, 0.6) is 11.6 Å². The van der Waals surface area contributed by atoms with Gasteiger partial charge in [0.2, 0.25) is 11.8 Å². The summed E-state index contributed by atoms with van der Waals surface area (Å²) in [6.07, 6.45) is -0.0327. The first kappa shape index (κ1) is 18.9. The molecule has 1 aliphatic heterocycles. The molecule has 1 atom stereocenters. The van der Waals surface area contributed by atoms with Crippen molar-refractivity contribution in [3.8, 4) is 29.0 Å². The van der Waals surface area contributed by atoms with Crippen LogP contribution in [0.3, 0.4) is 0 Å². The number of hydrogen-bond donors (Lipinski definition) is 2. The summed E-state index contributed by atoms with van der Waals surface area (Å²) >= 11 is 6.44. The number of para-hydroxylation sites is 1. The highest BCUT2D eigenvalue weighted by Gasteiger charge is 2.37. The van der Waals surface area contributed by atoms with E-state index in [2.05, 4.69) is 16.3 Å². The molecule has 2 aromatic carbocycles. The number of ether oxygens (including phenoxy) is 2. The lowest BCUT2D eigenvalue weighted by Gasteiger charge is -2.26. The maximum Gasteiger partial charge on any atom is 0.244 e. The summed E-state index contributed by atoms with van der Waals surface area (Å²) in [5.74, 6) is 0.512. The number of hydrogen-bond acceptors (Lipinski definition) is 5. The van der Waals surface area contributed by atoms with Crippen molar-refractivity contribution in [3.05, 3.63) is 76.1 Å². The summed E-state index contributed by atoms with van der Waals surface area (Å²) in [6, 6.07) is 17.2. The predicted molar refractivity (Wildman–Crippen MR) is 111 cm³/mol. The Kier molecular flexibility index (Phi) is 4.91. The first-order valence-corrected chi connectivity index (χ1v) is 9.55. The lowest BCUT2D eigenvalue weighted by molar-refractivity contribution is 0.239. The first-order chi connectivity index (χ1) is 14.0. The van der Waals surface area contributed by atoms with Crippen LogP contribution >= 0.6 is 11.6 Å². The Labute approximate surface area is 173 Å². The molecular weight excluding hydrogens is 388 g/mol. The number of halogens is 1. The molecule has 0 aliphatic carbocycles. The average Bonchev–Trinajstić information content (AvgIpc) is 3.10. The summed E-state index contributed by atoms with van der Waals surface area (Å²) in [5.41, 5.74) is 9.31. The molecule has 0 fully saturated rings. The second-order valence-corrected chi connectivity index (χ2v) is 7.33. The third-order valence-electron chi connectivity index (χ3n) is 4.67. The maximum atomic E-state index is 9.88. The molecule has 6 nitrogen and oxygen atoms in total. The lowest BCUT2D eigenvalue weighted by Crippen LogP contribution is -2.21. The second kappa shape index (κ2) is 7.53. The summed E-state index contributed by atoms with van der Waals surface area (Å²) in [7, 11) is 0. The number of benzene rings is 2. The van der Waals surface area contributed by atoms with E-state index in [1.807, 2.05) is 56.3 Å². The number of rotatable bonds is 4. The first-order valence-electron chi connectivity index (χ1n) is 9.17. The molecule has 0 unspecified atom stereocenters. The van der Waals surface area contributed by atoms with Crippen LogP contribution in [0, 0.1) is 11.3 Å². The minimum Gasteiger partial charge on any atom is -0.491 e. The van der Waals surface area contributed by atoms with Crippen molar-refractivity contribution in [2.75, 3.05) is 0 Å². The summed E-state index contributed by atoms with van der Waals surface area (Å²) in [5, 5.41) is 17.7. The smallest absolute Gasteiger partial charge is 0.244 e.